The van der Waals surface area contributed by atoms with Crippen molar-refractivity contribution in [2.24, 2.45) is 0 Å². The van der Waals surface area contributed by atoms with E-state index >= 15 is 0 Å². The van der Waals surface area contributed by atoms with Crippen LogP contribution in [0.25, 0.3) is 5.65 Å². The molecule has 0 aromatic carbocycles. The Balaban J connectivity index is 0.000000980. The van der Waals surface area contributed by atoms with Gasteiger partial charge in [-0.3, -0.25) is 0 Å². The van der Waals surface area contributed by atoms with E-state index in [1.54, 1.807) is 0 Å². The maximum Gasteiger partial charge on any atom is 0.139 e. The SMILES string of the molecule is Cc1cc(C)c2nc(CCl)cn2c1.Cl. The maximum atomic E-state index is 5.71. The summed E-state index contributed by atoms with van der Waals surface area (Å²) in [5.41, 5.74) is 4.36. The van der Waals surface area contributed by atoms with Gasteiger partial charge in [-0.05, 0) is 25.0 Å². The zero-order chi connectivity index (χ0) is 9.42. The van der Waals surface area contributed by atoms with E-state index in [1.165, 1.54) is 11.1 Å². The monoisotopic (exact) mass is 230 g/mol. The van der Waals surface area contributed by atoms with Crippen molar-refractivity contribution < 1.29 is 0 Å². The molecule has 2 aromatic heterocycles. The number of pyridine rings is 1. The molecule has 0 aliphatic heterocycles. The molecule has 2 nitrogen and oxygen atoms in total. The van der Waals surface area contributed by atoms with Gasteiger partial charge in [-0.1, -0.05) is 6.07 Å². The predicted molar refractivity (Wildman–Crippen MR) is 61.5 cm³/mol. The smallest absolute Gasteiger partial charge is 0.139 e. The number of alkyl halides is 1. The summed E-state index contributed by atoms with van der Waals surface area (Å²) >= 11 is 5.71. The van der Waals surface area contributed by atoms with Crippen molar-refractivity contribution in [1.82, 2.24) is 9.38 Å². The Kier molecular flexibility index (Phi) is 3.40. The molecule has 4 heteroatoms. The van der Waals surface area contributed by atoms with Gasteiger partial charge in [0.25, 0.3) is 0 Å². The van der Waals surface area contributed by atoms with E-state index < -0.39 is 0 Å². The van der Waals surface area contributed by atoms with E-state index in [-0.39, 0.29) is 12.4 Å². The van der Waals surface area contributed by atoms with Crippen molar-refractivity contribution in [1.29, 1.82) is 0 Å². The van der Waals surface area contributed by atoms with Gasteiger partial charge in [0.15, 0.2) is 0 Å². The number of halogens is 2. The first-order valence-corrected chi connectivity index (χ1v) is 4.75. The molecule has 0 aliphatic rings. The summed E-state index contributed by atoms with van der Waals surface area (Å²) in [5, 5.41) is 0. The standard InChI is InChI=1S/C10H11ClN2.ClH/c1-7-3-8(2)10-12-9(4-11)6-13(10)5-7;/h3,5-6H,4H2,1-2H3;1H. The molecule has 0 amide bonds. The second-order valence-electron chi connectivity index (χ2n) is 3.30. The van der Waals surface area contributed by atoms with Crippen LogP contribution in [0.1, 0.15) is 16.8 Å². The molecular weight excluding hydrogens is 219 g/mol. The number of hydrogen-bond acceptors (Lipinski definition) is 1. The third-order valence-electron chi connectivity index (χ3n) is 2.06. The number of nitrogens with zero attached hydrogens (tertiary/aromatic N) is 2. The molecule has 0 aliphatic carbocycles. The normalized spacial score (nSPS) is 10.2. The lowest BCUT2D eigenvalue weighted by Gasteiger charge is -1.98. The molecule has 0 saturated carbocycles. The van der Waals surface area contributed by atoms with Crippen molar-refractivity contribution in [3.05, 3.63) is 35.3 Å². The van der Waals surface area contributed by atoms with Crippen LogP contribution in [0.2, 0.25) is 0 Å². The van der Waals surface area contributed by atoms with Crippen LogP contribution >= 0.6 is 24.0 Å². The zero-order valence-electron chi connectivity index (χ0n) is 8.12. The van der Waals surface area contributed by atoms with E-state index in [2.05, 4.69) is 31.1 Å². The number of aromatic nitrogens is 2. The molecule has 0 fully saturated rings. The highest BCUT2D eigenvalue weighted by Crippen LogP contribution is 2.13. The van der Waals surface area contributed by atoms with Crippen molar-refractivity contribution >= 4 is 29.7 Å². The highest BCUT2D eigenvalue weighted by atomic mass is 35.5. The molecule has 2 heterocycles. The molecule has 2 rings (SSSR count). The molecule has 0 bridgehead atoms. The van der Waals surface area contributed by atoms with Crippen LogP contribution in [-0.2, 0) is 5.88 Å². The number of imidazole rings is 1. The van der Waals surface area contributed by atoms with Crippen molar-refractivity contribution in [2.75, 3.05) is 0 Å². The van der Waals surface area contributed by atoms with Crippen LogP contribution in [0.4, 0.5) is 0 Å². The Morgan fingerprint density at radius 3 is 2.71 bits per heavy atom. The molecule has 2 aromatic rings. The largest absolute Gasteiger partial charge is 0.306 e. The first-order valence-electron chi connectivity index (χ1n) is 4.21. The van der Waals surface area contributed by atoms with Gasteiger partial charge in [0.1, 0.15) is 5.65 Å². The molecule has 0 unspecified atom stereocenters. The first kappa shape index (κ1) is 11.3. The third-order valence-corrected chi connectivity index (χ3v) is 2.33. The fourth-order valence-corrected chi connectivity index (χ4v) is 1.69. The number of hydrogen-bond donors (Lipinski definition) is 0. The molecule has 0 atom stereocenters. The molecule has 0 radical (unpaired) electrons. The molecule has 0 N–H and O–H groups in total. The Morgan fingerprint density at radius 1 is 1.36 bits per heavy atom. The minimum Gasteiger partial charge on any atom is -0.306 e. The molecular formula is C10H12Cl2N2. The van der Waals surface area contributed by atoms with Crippen LogP contribution in [0.3, 0.4) is 0 Å². The van der Waals surface area contributed by atoms with Crippen LogP contribution < -0.4 is 0 Å². The van der Waals surface area contributed by atoms with Gasteiger partial charge in [-0.15, -0.1) is 24.0 Å². The topological polar surface area (TPSA) is 17.3 Å². The molecule has 0 spiro atoms. The van der Waals surface area contributed by atoms with Crippen LogP contribution in [0.15, 0.2) is 18.5 Å². The van der Waals surface area contributed by atoms with E-state index in [1.807, 2.05) is 10.6 Å². The number of rotatable bonds is 1. The highest BCUT2D eigenvalue weighted by Gasteiger charge is 2.03. The van der Waals surface area contributed by atoms with E-state index in [4.69, 9.17) is 11.6 Å². The van der Waals surface area contributed by atoms with Crippen LogP contribution in [0, 0.1) is 13.8 Å². The Bertz CT molecular complexity index is 449. The zero-order valence-corrected chi connectivity index (χ0v) is 9.69. The molecule has 0 saturated heterocycles. The number of fused-ring (bicyclic) bond motifs is 1. The summed E-state index contributed by atoms with van der Waals surface area (Å²) in [7, 11) is 0. The highest BCUT2D eigenvalue weighted by molar-refractivity contribution is 6.16. The Morgan fingerprint density at radius 2 is 2.07 bits per heavy atom. The van der Waals surface area contributed by atoms with Gasteiger partial charge in [0.05, 0.1) is 11.6 Å². The van der Waals surface area contributed by atoms with Crippen molar-refractivity contribution in [3.8, 4) is 0 Å². The van der Waals surface area contributed by atoms with E-state index in [9.17, 15) is 0 Å². The maximum absolute atomic E-state index is 5.71. The van der Waals surface area contributed by atoms with Crippen LogP contribution in [0.5, 0.6) is 0 Å². The molecule has 76 valence electrons. The Hall–Kier alpha value is -0.730. The fourth-order valence-electron chi connectivity index (χ4n) is 1.56. The lowest BCUT2D eigenvalue weighted by molar-refractivity contribution is 1.13. The minimum absolute atomic E-state index is 0. The summed E-state index contributed by atoms with van der Waals surface area (Å²) in [6, 6.07) is 2.13. The first-order chi connectivity index (χ1) is 6.20. The van der Waals surface area contributed by atoms with Gasteiger partial charge in [-0.2, -0.15) is 0 Å². The van der Waals surface area contributed by atoms with Crippen molar-refractivity contribution in [3.63, 3.8) is 0 Å². The summed E-state index contributed by atoms with van der Waals surface area (Å²) in [4.78, 5) is 4.40. The Labute approximate surface area is 94.3 Å². The minimum atomic E-state index is 0. The summed E-state index contributed by atoms with van der Waals surface area (Å²) < 4.78 is 2.03. The van der Waals surface area contributed by atoms with Gasteiger partial charge >= 0.3 is 0 Å². The fraction of sp³-hybridized carbons (Fsp3) is 0.300. The third kappa shape index (κ3) is 1.86. The molecule has 14 heavy (non-hydrogen) atoms. The van der Waals surface area contributed by atoms with Gasteiger partial charge < -0.3 is 4.40 Å². The summed E-state index contributed by atoms with van der Waals surface area (Å²) in [5.74, 6) is 0.472. The lowest BCUT2D eigenvalue weighted by atomic mass is 10.2. The summed E-state index contributed by atoms with van der Waals surface area (Å²) in [6.07, 6.45) is 4.04. The van der Waals surface area contributed by atoms with Crippen LogP contribution in [-0.4, -0.2) is 9.38 Å². The lowest BCUT2D eigenvalue weighted by Crippen LogP contribution is -1.88. The second-order valence-corrected chi connectivity index (χ2v) is 3.56. The van der Waals surface area contributed by atoms with Gasteiger partial charge in [0, 0.05) is 12.4 Å². The van der Waals surface area contributed by atoms with E-state index in [0.29, 0.717) is 5.88 Å². The summed E-state index contributed by atoms with van der Waals surface area (Å²) in [6.45, 7) is 4.14. The van der Waals surface area contributed by atoms with Gasteiger partial charge in [-0.25, -0.2) is 4.98 Å². The average molecular weight is 231 g/mol. The number of aryl methyl sites for hydroxylation is 2. The van der Waals surface area contributed by atoms with Gasteiger partial charge in [0.2, 0.25) is 0 Å². The predicted octanol–water partition coefficient (Wildman–Crippen LogP) is 3.11. The van der Waals surface area contributed by atoms with E-state index in [0.717, 1.165) is 11.3 Å². The quantitative estimate of drug-likeness (QED) is 0.689. The van der Waals surface area contributed by atoms with Crippen molar-refractivity contribution in [2.45, 2.75) is 19.7 Å². The second kappa shape index (κ2) is 4.20. The average Bonchev–Trinajstić information content (AvgIpc) is 2.47.